The molecule has 0 unspecified atom stereocenters. The van der Waals surface area contributed by atoms with E-state index in [-0.39, 0.29) is 15.2 Å². The molecule has 0 atom stereocenters. The van der Waals surface area contributed by atoms with Gasteiger partial charge in [-0.05, 0) is 95.3 Å². The molecule has 0 saturated carbocycles. The molecule has 4 aromatic rings. The Labute approximate surface area is 214 Å². The summed E-state index contributed by atoms with van der Waals surface area (Å²) in [6, 6.07) is 28.8. The van der Waals surface area contributed by atoms with Gasteiger partial charge in [0.25, 0.3) is 0 Å². The monoisotopic (exact) mass is 500 g/mol. The van der Waals surface area contributed by atoms with Gasteiger partial charge in [0.15, 0.2) is 0 Å². The van der Waals surface area contributed by atoms with Crippen molar-refractivity contribution < 1.29 is 17.9 Å². The van der Waals surface area contributed by atoms with Crippen LogP contribution in [0.1, 0.15) is 51.7 Å². The lowest BCUT2D eigenvalue weighted by Gasteiger charge is -2.19. The maximum Gasteiger partial charge on any atom is 0.206 e. The molecule has 0 bridgehead atoms. The maximum absolute atomic E-state index is 13.2. The molecule has 4 aromatic carbocycles. The highest BCUT2D eigenvalue weighted by molar-refractivity contribution is 7.91. The van der Waals surface area contributed by atoms with E-state index in [2.05, 4.69) is 46.8 Å². The fourth-order valence-electron chi connectivity index (χ4n) is 3.75. The molecule has 0 N–H and O–H groups in total. The SMILES string of the molecule is CC(C)c1cccc(Oc2ccc(S(=O)(=O)c3ccc(Oc4cccc(C(C)(C)C)c4)cc3)cc2)c1. The first-order valence-corrected chi connectivity index (χ1v) is 13.5. The second-order valence-electron chi connectivity index (χ2n) is 10.2. The summed E-state index contributed by atoms with van der Waals surface area (Å²) in [6.45, 7) is 10.7. The molecule has 4 rings (SSSR count). The van der Waals surface area contributed by atoms with Crippen LogP contribution in [0.3, 0.4) is 0 Å². The van der Waals surface area contributed by atoms with Gasteiger partial charge in [-0.3, -0.25) is 0 Å². The summed E-state index contributed by atoms with van der Waals surface area (Å²) in [5.41, 5.74) is 2.36. The van der Waals surface area contributed by atoms with Crippen LogP contribution in [0.5, 0.6) is 23.0 Å². The Hall–Kier alpha value is -3.57. The zero-order chi connectivity index (χ0) is 25.9. The lowest BCUT2D eigenvalue weighted by Crippen LogP contribution is -2.10. The van der Waals surface area contributed by atoms with Crippen LogP contribution >= 0.6 is 0 Å². The first-order chi connectivity index (χ1) is 17.0. The van der Waals surface area contributed by atoms with Crippen LogP contribution in [0.15, 0.2) is 107 Å². The normalized spacial score (nSPS) is 11.9. The molecule has 186 valence electrons. The topological polar surface area (TPSA) is 52.6 Å². The molecule has 4 nitrogen and oxygen atoms in total. The van der Waals surface area contributed by atoms with Crippen LogP contribution in [-0.2, 0) is 15.3 Å². The lowest BCUT2D eigenvalue weighted by atomic mass is 9.87. The highest BCUT2D eigenvalue weighted by Crippen LogP contribution is 2.31. The van der Waals surface area contributed by atoms with Gasteiger partial charge in [0.05, 0.1) is 9.79 Å². The summed E-state index contributed by atoms with van der Waals surface area (Å²) in [5.74, 6) is 2.99. The van der Waals surface area contributed by atoms with E-state index < -0.39 is 9.84 Å². The third-order valence-electron chi connectivity index (χ3n) is 5.96. The quantitative estimate of drug-likeness (QED) is 0.255. The number of hydrogen-bond donors (Lipinski definition) is 0. The van der Waals surface area contributed by atoms with Crippen molar-refractivity contribution in [2.45, 2.75) is 55.7 Å². The van der Waals surface area contributed by atoms with Crippen LogP contribution in [-0.4, -0.2) is 8.42 Å². The van der Waals surface area contributed by atoms with Gasteiger partial charge in [0.2, 0.25) is 9.84 Å². The Morgan fingerprint density at radius 2 is 1.08 bits per heavy atom. The van der Waals surface area contributed by atoms with E-state index in [1.807, 2.05) is 36.4 Å². The highest BCUT2D eigenvalue weighted by Gasteiger charge is 2.18. The van der Waals surface area contributed by atoms with Gasteiger partial charge < -0.3 is 9.47 Å². The predicted molar refractivity (Wildman–Crippen MR) is 144 cm³/mol. The van der Waals surface area contributed by atoms with Crippen molar-refractivity contribution in [3.8, 4) is 23.0 Å². The number of ether oxygens (including phenoxy) is 2. The molecule has 0 fully saturated rings. The fourth-order valence-corrected chi connectivity index (χ4v) is 5.01. The Kier molecular flexibility index (Phi) is 7.23. The van der Waals surface area contributed by atoms with E-state index in [4.69, 9.17) is 9.47 Å². The summed E-state index contributed by atoms with van der Waals surface area (Å²) >= 11 is 0. The summed E-state index contributed by atoms with van der Waals surface area (Å²) in [6.07, 6.45) is 0. The van der Waals surface area contributed by atoms with Crippen LogP contribution in [0.2, 0.25) is 0 Å². The molecule has 5 heteroatoms. The molecule has 0 heterocycles. The van der Waals surface area contributed by atoms with Crippen LogP contribution in [0.4, 0.5) is 0 Å². The molecule has 0 aliphatic heterocycles. The first-order valence-electron chi connectivity index (χ1n) is 12.0. The van der Waals surface area contributed by atoms with Gasteiger partial charge in [-0.25, -0.2) is 8.42 Å². The van der Waals surface area contributed by atoms with Crippen molar-refractivity contribution in [2.24, 2.45) is 0 Å². The van der Waals surface area contributed by atoms with Crippen molar-refractivity contribution in [3.63, 3.8) is 0 Å². The third kappa shape index (κ3) is 5.97. The minimum Gasteiger partial charge on any atom is -0.457 e. The zero-order valence-electron chi connectivity index (χ0n) is 21.4. The Morgan fingerprint density at radius 1 is 0.611 bits per heavy atom. The lowest BCUT2D eigenvalue weighted by molar-refractivity contribution is 0.478. The molecule has 0 aliphatic carbocycles. The van der Waals surface area contributed by atoms with Gasteiger partial charge in [-0.2, -0.15) is 0 Å². The average molecular weight is 501 g/mol. The van der Waals surface area contributed by atoms with E-state index in [0.717, 1.165) is 5.75 Å². The number of rotatable bonds is 7. The predicted octanol–water partition coefficient (Wildman–Crippen LogP) is 8.52. The van der Waals surface area contributed by atoms with Crippen LogP contribution in [0, 0.1) is 0 Å². The summed E-state index contributed by atoms with van der Waals surface area (Å²) in [4.78, 5) is 0.411. The van der Waals surface area contributed by atoms with Crippen LogP contribution in [0.25, 0.3) is 0 Å². The zero-order valence-corrected chi connectivity index (χ0v) is 22.2. The van der Waals surface area contributed by atoms with E-state index in [1.165, 1.54) is 11.1 Å². The van der Waals surface area contributed by atoms with Crippen molar-refractivity contribution in [2.75, 3.05) is 0 Å². The van der Waals surface area contributed by atoms with E-state index >= 15 is 0 Å². The first kappa shape index (κ1) is 25.5. The second-order valence-corrected chi connectivity index (χ2v) is 12.1. The molecule has 0 aromatic heterocycles. The van der Waals surface area contributed by atoms with Crippen molar-refractivity contribution >= 4 is 9.84 Å². The summed E-state index contributed by atoms with van der Waals surface area (Å²) in [5, 5.41) is 0. The van der Waals surface area contributed by atoms with Gasteiger partial charge in [-0.1, -0.05) is 58.9 Å². The summed E-state index contributed by atoms with van der Waals surface area (Å²) in [7, 11) is -3.67. The molecule has 0 spiro atoms. The number of benzene rings is 4. The average Bonchev–Trinajstić information content (AvgIpc) is 2.84. The molecule has 0 saturated heterocycles. The van der Waals surface area contributed by atoms with E-state index in [9.17, 15) is 8.42 Å². The van der Waals surface area contributed by atoms with Crippen molar-refractivity contribution in [1.82, 2.24) is 0 Å². The van der Waals surface area contributed by atoms with Crippen molar-refractivity contribution in [1.29, 1.82) is 0 Å². The molecule has 0 radical (unpaired) electrons. The Bertz CT molecular complexity index is 1430. The standard InChI is InChI=1S/C31H32O4S/c1-22(2)23-8-6-10-27(20-23)34-25-12-16-29(17-13-25)36(32,33)30-18-14-26(15-19-30)35-28-11-7-9-24(21-28)31(3,4)5/h6-22H,1-5H3. The van der Waals surface area contributed by atoms with Gasteiger partial charge >= 0.3 is 0 Å². The van der Waals surface area contributed by atoms with Crippen LogP contribution < -0.4 is 9.47 Å². The summed E-state index contributed by atoms with van der Waals surface area (Å²) < 4.78 is 38.2. The maximum atomic E-state index is 13.2. The fraction of sp³-hybridized carbons (Fsp3) is 0.226. The second kappa shape index (κ2) is 10.2. The molecule has 0 amide bonds. The minimum atomic E-state index is -3.67. The van der Waals surface area contributed by atoms with Gasteiger partial charge in [0, 0.05) is 0 Å². The molecular formula is C31H32O4S. The minimum absolute atomic E-state index is 0.00994. The van der Waals surface area contributed by atoms with E-state index in [0.29, 0.717) is 23.2 Å². The van der Waals surface area contributed by atoms with Gasteiger partial charge in [0.1, 0.15) is 23.0 Å². The Morgan fingerprint density at radius 3 is 1.56 bits per heavy atom. The van der Waals surface area contributed by atoms with E-state index in [1.54, 1.807) is 48.5 Å². The molecule has 0 aliphatic rings. The highest BCUT2D eigenvalue weighted by atomic mass is 32.2. The molecular weight excluding hydrogens is 468 g/mol. The Balaban J connectivity index is 1.47. The largest absolute Gasteiger partial charge is 0.457 e. The smallest absolute Gasteiger partial charge is 0.206 e. The van der Waals surface area contributed by atoms with Gasteiger partial charge in [-0.15, -0.1) is 0 Å². The third-order valence-corrected chi connectivity index (χ3v) is 7.75. The number of hydrogen-bond acceptors (Lipinski definition) is 4. The van der Waals surface area contributed by atoms with Crippen molar-refractivity contribution in [3.05, 3.63) is 108 Å². The number of sulfone groups is 1. The molecule has 36 heavy (non-hydrogen) atoms.